The lowest BCUT2D eigenvalue weighted by Gasteiger charge is -2.20. The Kier molecular flexibility index (Phi) is 3.99. The van der Waals surface area contributed by atoms with Gasteiger partial charge in [-0.1, -0.05) is 6.07 Å². The van der Waals surface area contributed by atoms with E-state index in [4.69, 9.17) is 4.42 Å². The Hall–Kier alpha value is -1.69. The van der Waals surface area contributed by atoms with E-state index in [1.807, 2.05) is 38.3 Å². The summed E-state index contributed by atoms with van der Waals surface area (Å²) in [6.07, 6.45) is 0.809. The Bertz CT molecular complexity index is 540. The average molecular weight is 279 g/mol. The van der Waals surface area contributed by atoms with Gasteiger partial charge in [-0.3, -0.25) is 4.79 Å². The molecule has 6 heteroatoms. The molecule has 2 aromatic heterocycles. The van der Waals surface area contributed by atoms with Crippen molar-refractivity contribution in [3.05, 3.63) is 23.4 Å². The predicted molar refractivity (Wildman–Crippen MR) is 73.8 cm³/mol. The third-order valence-corrected chi connectivity index (χ3v) is 3.14. The molecule has 5 nitrogen and oxygen atoms in total. The number of rotatable bonds is 4. The normalized spacial score (nSPS) is 11.5. The highest BCUT2D eigenvalue weighted by atomic mass is 32.1. The van der Waals surface area contributed by atoms with E-state index in [2.05, 4.69) is 15.5 Å². The number of amides is 1. The van der Waals surface area contributed by atoms with Gasteiger partial charge in [0.25, 0.3) is 5.89 Å². The molecule has 0 fully saturated rings. The number of aromatic nitrogens is 2. The Labute approximate surface area is 116 Å². The molecule has 2 aromatic rings. The van der Waals surface area contributed by atoms with Gasteiger partial charge in [-0.05, 0) is 32.2 Å². The highest BCUT2D eigenvalue weighted by Crippen LogP contribution is 2.23. The quantitative estimate of drug-likeness (QED) is 0.934. The fourth-order valence-corrected chi connectivity index (χ4v) is 2.20. The van der Waals surface area contributed by atoms with Crippen LogP contribution in [0.3, 0.4) is 0 Å². The first-order chi connectivity index (χ1) is 8.94. The second-order valence-electron chi connectivity index (χ2n) is 5.28. The molecule has 1 amide bonds. The molecule has 0 spiro atoms. The number of carbonyl (C=O) groups excluding carboxylic acids is 1. The molecule has 0 aliphatic rings. The van der Waals surface area contributed by atoms with Gasteiger partial charge >= 0.3 is 0 Å². The maximum Gasteiger partial charge on any atom is 0.257 e. The van der Waals surface area contributed by atoms with Crippen LogP contribution in [0.15, 0.2) is 21.9 Å². The minimum absolute atomic E-state index is 0.0108. The Morgan fingerprint density at radius 3 is 2.84 bits per heavy atom. The molecule has 0 radical (unpaired) electrons. The summed E-state index contributed by atoms with van der Waals surface area (Å²) in [6.45, 7) is 5.85. The minimum Gasteiger partial charge on any atom is -0.420 e. The van der Waals surface area contributed by atoms with Crippen molar-refractivity contribution in [2.75, 3.05) is 0 Å². The fourth-order valence-electron chi connectivity index (χ4n) is 1.56. The molecule has 0 aliphatic carbocycles. The number of aryl methyl sites for hydroxylation is 1. The van der Waals surface area contributed by atoms with Crippen LogP contribution >= 0.6 is 11.3 Å². The summed E-state index contributed by atoms with van der Waals surface area (Å²) in [7, 11) is 0. The molecule has 0 saturated heterocycles. The average Bonchev–Trinajstić information content (AvgIpc) is 2.95. The zero-order valence-electron chi connectivity index (χ0n) is 11.3. The molecule has 0 bridgehead atoms. The van der Waals surface area contributed by atoms with Crippen LogP contribution in [0.4, 0.5) is 0 Å². The first-order valence-corrected chi connectivity index (χ1v) is 6.99. The van der Waals surface area contributed by atoms with E-state index in [0.29, 0.717) is 24.6 Å². The van der Waals surface area contributed by atoms with Crippen LogP contribution in [-0.2, 0) is 11.2 Å². The summed E-state index contributed by atoms with van der Waals surface area (Å²) >= 11 is 1.55. The summed E-state index contributed by atoms with van der Waals surface area (Å²) in [5, 5.41) is 12.8. The van der Waals surface area contributed by atoms with Crippen molar-refractivity contribution >= 4 is 17.2 Å². The van der Waals surface area contributed by atoms with Gasteiger partial charge in [-0.25, -0.2) is 0 Å². The van der Waals surface area contributed by atoms with E-state index >= 15 is 0 Å². The van der Waals surface area contributed by atoms with Crippen molar-refractivity contribution in [1.29, 1.82) is 0 Å². The number of carbonyl (C=O) groups is 1. The Balaban J connectivity index is 1.89. The van der Waals surface area contributed by atoms with E-state index in [1.165, 1.54) is 0 Å². The molecule has 19 heavy (non-hydrogen) atoms. The predicted octanol–water partition coefficient (Wildman–Crippen LogP) is 2.65. The molecule has 0 aliphatic heterocycles. The van der Waals surface area contributed by atoms with Gasteiger partial charge in [0.15, 0.2) is 0 Å². The highest BCUT2D eigenvalue weighted by molar-refractivity contribution is 7.13. The third-order valence-electron chi connectivity index (χ3n) is 2.28. The lowest BCUT2D eigenvalue weighted by molar-refractivity contribution is -0.122. The zero-order valence-corrected chi connectivity index (χ0v) is 12.1. The molecule has 0 unspecified atom stereocenters. The van der Waals surface area contributed by atoms with Crippen molar-refractivity contribution in [1.82, 2.24) is 15.5 Å². The number of nitrogens with zero attached hydrogens (tertiary/aromatic N) is 2. The molecule has 102 valence electrons. The smallest absolute Gasteiger partial charge is 0.257 e. The summed E-state index contributed by atoms with van der Waals surface area (Å²) in [6, 6.07) is 3.86. The molecule has 1 N–H and O–H groups in total. The second kappa shape index (κ2) is 5.52. The summed E-state index contributed by atoms with van der Waals surface area (Å²) in [4.78, 5) is 12.6. The van der Waals surface area contributed by atoms with E-state index in [1.54, 1.807) is 11.3 Å². The number of hydrogen-bond donors (Lipinski definition) is 1. The Morgan fingerprint density at radius 2 is 2.21 bits per heavy atom. The molecule has 0 saturated carbocycles. The highest BCUT2D eigenvalue weighted by Gasteiger charge is 2.15. The second-order valence-corrected chi connectivity index (χ2v) is 6.22. The molecule has 0 atom stereocenters. The van der Waals surface area contributed by atoms with Crippen molar-refractivity contribution in [3.63, 3.8) is 0 Å². The maximum absolute atomic E-state index is 11.7. The number of thiophene rings is 1. The minimum atomic E-state index is -0.214. The van der Waals surface area contributed by atoms with Crippen LogP contribution < -0.4 is 5.32 Å². The van der Waals surface area contributed by atoms with Gasteiger partial charge < -0.3 is 9.73 Å². The summed E-state index contributed by atoms with van der Waals surface area (Å²) in [5.41, 5.74) is -0.214. The van der Waals surface area contributed by atoms with Crippen molar-refractivity contribution in [2.24, 2.45) is 0 Å². The van der Waals surface area contributed by atoms with Gasteiger partial charge in [0, 0.05) is 18.4 Å². The SMILES string of the molecule is CC(C)(C)NC(=O)CCc1nnc(-c2cccs2)o1. The van der Waals surface area contributed by atoms with Crippen molar-refractivity contribution in [3.8, 4) is 10.8 Å². The maximum atomic E-state index is 11.7. The third kappa shape index (κ3) is 4.17. The van der Waals surface area contributed by atoms with Crippen LogP contribution in [0, 0.1) is 0 Å². The van der Waals surface area contributed by atoms with Crippen LogP contribution in [-0.4, -0.2) is 21.6 Å². The van der Waals surface area contributed by atoms with Gasteiger partial charge in [0.05, 0.1) is 4.88 Å². The zero-order chi connectivity index (χ0) is 13.9. The largest absolute Gasteiger partial charge is 0.420 e. The van der Waals surface area contributed by atoms with Crippen LogP contribution in [0.1, 0.15) is 33.1 Å². The topological polar surface area (TPSA) is 68.0 Å². The van der Waals surface area contributed by atoms with Gasteiger partial charge in [0.2, 0.25) is 11.8 Å². The first-order valence-electron chi connectivity index (χ1n) is 6.11. The van der Waals surface area contributed by atoms with E-state index < -0.39 is 0 Å². The molecule has 0 aromatic carbocycles. The number of nitrogens with one attached hydrogen (secondary N) is 1. The van der Waals surface area contributed by atoms with E-state index in [9.17, 15) is 4.79 Å². The van der Waals surface area contributed by atoms with Crippen LogP contribution in [0.5, 0.6) is 0 Å². The molecular formula is C13H17N3O2S. The van der Waals surface area contributed by atoms with Crippen LogP contribution in [0.25, 0.3) is 10.8 Å². The molecule has 2 rings (SSSR count). The lowest BCUT2D eigenvalue weighted by Crippen LogP contribution is -2.40. The number of hydrogen-bond acceptors (Lipinski definition) is 5. The van der Waals surface area contributed by atoms with Gasteiger partial charge in [0.1, 0.15) is 0 Å². The standard InChI is InChI=1S/C13H17N3O2S/c1-13(2,3)14-10(17)6-7-11-15-16-12(18-11)9-5-4-8-19-9/h4-5,8H,6-7H2,1-3H3,(H,14,17). The van der Waals surface area contributed by atoms with Gasteiger partial charge in [-0.2, -0.15) is 0 Å². The summed E-state index contributed by atoms with van der Waals surface area (Å²) < 4.78 is 5.52. The molecule has 2 heterocycles. The lowest BCUT2D eigenvalue weighted by atomic mass is 10.1. The van der Waals surface area contributed by atoms with E-state index in [-0.39, 0.29) is 11.4 Å². The fraction of sp³-hybridized carbons (Fsp3) is 0.462. The summed E-state index contributed by atoms with van der Waals surface area (Å²) in [5.74, 6) is 0.997. The van der Waals surface area contributed by atoms with Crippen LogP contribution in [0.2, 0.25) is 0 Å². The molecular weight excluding hydrogens is 262 g/mol. The van der Waals surface area contributed by atoms with Crippen molar-refractivity contribution in [2.45, 2.75) is 39.2 Å². The van der Waals surface area contributed by atoms with E-state index in [0.717, 1.165) is 4.88 Å². The Morgan fingerprint density at radius 1 is 1.42 bits per heavy atom. The first kappa shape index (κ1) is 13.7. The van der Waals surface area contributed by atoms with Gasteiger partial charge in [-0.15, -0.1) is 21.5 Å². The monoisotopic (exact) mass is 279 g/mol. The van der Waals surface area contributed by atoms with Crippen molar-refractivity contribution < 1.29 is 9.21 Å².